The van der Waals surface area contributed by atoms with Crippen LogP contribution in [0.2, 0.25) is 0 Å². The maximum Gasteiger partial charge on any atom is 0.228 e. The summed E-state index contributed by atoms with van der Waals surface area (Å²) in [5.74, 6) is 2.98. The van der Waals surface area contributed by atoms with Crippen LogP contribution in [0, 0.1) is 18.3 Å². The molecule has 0 spiro atoms. The van der Waals surface area contributed by atoms with Gasteiger partial charge in [0.15, 0.2) is 0 Å². The highest BCUT2D eigenvalue weighted by Gasteiger charge is 2.31. The molecule has 5 nitrogen and oxygen atoms in total. The summed E-state index contributed by atoms with van der Waals surface area (Å²) in [5, 5.41) is 2.80. The number of nitrogens with one attached hydrogen (secondary N) is 1. The van der Waals surface area contributed by atoms with E-state index in [9.17, 15) is 9.59 Å². The summed E-state index contributed by atoms with van der Waals surface area (Å²) < 4.78 is 5.20. The number of terminal acetylenes is 1. The highest BCUT2D eigenvalue weighted by molar-refractivity contribution is 6.02. The van der Waals surface area contributed by atoms with Crippen LogP contribution in [0.1, 0.15) is 19.8 Å². The predicted octanol–water partition coefficient (Wildman–Crippen LogP) is 2.03. The van der Waals surface area contributed by atoms with Crippen LogP contribution in [-0.4, -0.2) is 25.5 Å². The van der Waals surface area contributed by atoms with Gasteiger partial charge in [-0.1, -0.05) is 6.92 Å². The van der Waals surface area contributed by atoms with E-state index in [0.29, 0.717) is 36.5 Å². The van der Waals surface area contributed by atoms with Gasteiger partial charge in [-0.25, -0.2) is 0 Å². The predicted molar refractivity (Wildman–Crippen MR) is 81.2 cm³/mol. The van der Waals surface area contributed by atoms with Crippen LogP contribution < -0.4 is 15.0 Å². The number of methoxy groups -OCH3 is 1. The van der Waals surface area contributed by atoms with Crippen molar-refractivity contribution in [3.63, 3.8) is 0 Å². The minimum absolute atomic E-state index is 0.0433. The Bertz CT molecular complexity index is 604. The van der Waals surface area contributed by atoms with Crippen molar-refractivity contribution in [2.24, 2.45) is 5.92 Å². The van der Waals surface area contributed by atoms with Crippen molar-refractivity contribution < 1.29 is 14.3 Å². The molecule has 0 bridgehead atoms. The summed E-state index contributed by atoms with van der Waals surface area (Å²) in [4.78, 5) is 25.4. The number of carbonyl (C=O) groups is 2. The Balaban J connectivity index is 2.37. The molecule has 2 rings (SSSR count). The summed E-state index contributed by atoms with van der Waals surface area (Å²) >= 11 is 0. The van der Waals surface area contributed by atoms with Crippen LogP contribution in [-0.2, 0) is 9.59 Å². The third kappa shape index (κ3) is 3.16. The van der Waals surface area contributed by atoms with Crippen LogP contribution in [0.4, 0.5) is 11.4 Å². The standard InChI is InChI=1S/C16H18N2O3/c1-4-11-8-16(20)18(10-11)14-9-12(21-3)6-7-13(14)17-15(19)5-2/h1,6-7,9,11H,5,8,10H2,2-3H3,(H,17,19). The zero-order valence-corrected chi connectivity index (χ0v) is 12.2. The quantitative estimate of drug-likeness (QED) is 0.862. The Morgan fingerprint density at radius 2 is 2.33 bits per heavy atom. The highest BCUT2D eigenvalue weighted by atomic mass is 16.5. The first-order valence-corrected chi connectivity index (χ1v) is 6.83. The summed E-state index contributed by atoms with van der Waals surface area (Å²) in [6.07, 6.45) is 6.11. The maximum atomic E-state index is 12.1. The Labute approximate surface area is 124 Å². The van der Waals surface area contributed by atoms with Gasteiger partial charge in [0.05, 0.1) is 18.5 Å². The number of benzene rings is 1. The highest BCUT2D eigenvalue weighted by Crippen LogP contribution is 2.34. The molecule has 1 aliphatic heterocycles. The van der Waals surface area contributed by atoms with Gasteiger partial charge in [-0.3, -0.25) is 9.59 Å². The minimum atomic E-state index is -0.110. The fourth-order valence-corrected chi connectivity index (χ4v) is 2.26. The fraction of sp³-hybridized carbons (Fsp3) is 0.375. The summed E-state index contributed by atoms with van der Waals surface area (Å²) in [5.41, 5.74) is 1.22. The van der Waals surface area contributed by atoms with Crippen LogP contribution in [0.15, 0.2) is 18.2 Å². The molecule has 2 amide bonds. The second-order valence-corrected chi connectivity index (χ2v) is 4.86. The third-order valence-corrected chi connectivity index (χ3v) is 3.45. The van der Waals surface area contributed by atoms with Crippen LogP contribution in [0.25, 0.3) is 0 Å². The second-order valence-electron chi connectivity index (χ2n) is 4.86. The molecule has 0 saturated carbocycles. The van der Waals surface area contributed by atoms with Crippen molar-refractivity contribution in [1.29, 1.82) is 0 Å². The summed E-state index contributed by atoms with van der Waals surface area (Å²) in [7, 11) is 1.56. The number of anilines is 2. The zero-order valence-electron chi connectivity index (χ0n) is 12.2. The monoisotopic (exact) mass is 286 g/mol. The summed E-state index contributed by atoms with van der Waals surface area (Å²) in [6, 6.07) is 5.22. The van der Waals surface area contributed by atoms with E-state index in [0.717, 1.165) is 0 Å². The SMILES string of the molecule is C#CC1CC(=O)N(c2cc(OC)ccc2NC(=O)CC)C1. The molecule has 1 fully saturated rings. The van der Waals surface area contributed by atoms with Gasteiger partial charge in [-0.15, -0.1) is 12.3 Å². The largest absolute Gasteiger partial charge is 0.497 e. The van der Waals surface area contributed by atoms with E-state index in [-0.39, 0.29) is 17.7 Å². The van der Waals surface area contributed by atoms with E-state index in [1.165, 1.54) is 0 Å². The van der Waals surface area contributed by atoms with Gasteiger partial charge >= 0.3 is 0 Å². The average molecular weight is 286 g/mol. The van der Waals surface area contributed by atoms with Crippen LogP contribution in [0.3, 0.4) is 0 Å². The van der Waals surface area contributed by atoms with Crippen molar-refractivity contribution >= 4 is 23.2 Å². The van der Waals surface area contributed by atoms with Gasteiger partial charge in [-0.05, 0) is 12.1 Å². The lowest BCUT2D eigenvalue weighted by Crippen LogP contribution is -2.26. The molecule has 110 valence electrons. The fourth-order valence-electron chi connectivity index (χ4n) is 2.26. The molecule has 1 atom stereocenters. The molecule has 0 aliphatic carbocycles. The lowest BCUT2D eigenvalue weighted by Gasteiger charge is -2.21. The van der Waals surface area contributed by atoms with E-state index in [4.69, 9.17) is 11.2 Å². The molecule has 1 aromatic carbocycles. The second kappa shape index (κ2) is 6.31. The molecule has 21 heavy (non-hydrogen) atoms. The molecule has 1 aromatic rings. The molecule has 0 radical (unpaired) electrons. The van der Waals surface area contributed by atoms with E-state index < -0.39 is 0 Å². The summed E-state index contributed by atoms with van der Waals surface area (Å²) in [6.45, 7) is 2.23. The normalized spacial score (nSPS) is 17.5. The van der Waals surface area contributed by atoms with Gasteiger partial charge < -0.3 is 15.0 Å². The number of hydrogen-bond acceptors (Lipinski definition) is 3. The molecule has 5 heteroatoms. The molecular weight excluding hydrogens is 268 g/mol. The number of amides is 2. The lowest BCUT2D eigenvalue weighted by molar-refractivity contribution is -0.117. The van der Waals surface area contributed by atoms with Gasteiger partial charge in [0.2, 0.25) is 11.8 Å². The van der Waals surface area contributed by atoms with Gasteiger partial charge in [0.25, 0.3) is 0 Å². The number of carbonyl (C=O) groups excluding carboxylic acids is 2. The molecule has 1 N–H and O–H groups in total. The van der Waals surface area contributed by atoms with Crippen molar-refractivity contribution in [3.8, 4) is 18.1 Å². The first-order valence-electron chi connectivity index (χ1n) is 6.83. The van der Waals surface area contributed by atoms with Crippen molar-refractivity contribution in [2.45, 2.75) is 19.8 Å². The molecule has 1 saturated heterocycles. The van der Waals surface area contributed by atoms with Gasteiger partial charge in [-0.2, -0.15) is 0 Å². The Morgan fingerprint density at radius 1 is 1.57 bits per heavy atom. The zero-order chi connectivity index (χ0) is 15.4. The van der Waals surface area contributed by atoms with E-state index in [2.05, 4.69) is 11.2 Å². The number of nitrogens with zero attached hydrogens (tertiary/aromatic N) is 1. The third-order valence-electron chi connectivity index (χ3n) is 3.45. The first kappa shape index (κ1) is 14.9. The van der Waals surface area contributed by atoms with E-state index in [1.807, 2.05) is 0 Å². The molecular formula is C16H18N2O3. The maximum absolute atomic E-state index is 12.1. The van der Waals surface area contributed by atoms with E-state index >= 15 is 0 Å². The van der Waals surface area contributed by atoms with Crippen molar-refractivity contribution in [1.82, 2.24) is 0 Å². The van der Waals surface area contributed by atoms with Crippen molar-refractivity contribution in [2.75, 3.05) is 23.9 Å². The van der Waals surface area contributed by atoms with Crippen LogP contribution >= 0.6 is 0 Å². The topological polar surface area (TPSA) is 58.6 Å². The lowest BCUT2D eigenvalue weighted by atomic mass is 10.1. The minimum Gasteiger partial charge on any atom is -0.497 e. The van der Waals surface area contributed by atoms with Crippen LogP contribution in [0.5, 0.6) is 5.75 Å². The van der Waals surface area contributed by atoms with Gasteiger partial charge in [0, 0.05) is 31.4 Å². The Morgan fingerprint density at radius 3 is 2.90 bits per heavy atom. The molecule has 1 aliphatic rings. The molecule has 1 unspecified atom stereocenters. The Kier molecular flexibility index (Phi) is 4.49. The van der Waals surface area contributed by atoms with Crippen molar-refractivity contribution in [3.05, 3.63) is 18.2 Å². The van der Waals surface area contributed by atoms with E-state index in [1.54, 1.807) is 37.1 Å². The Hall–Kier alpha value is -2.48. The number of rotatable bonds is 4. The molecule has 0 aromatic heterocycles. The number of hydrogen-bond donors (Lipinski definition) is 1. The average Bonchev–Trinajstić information content (AvgIpc) is 2.88. The van der Waals surface area contributed by atoms with Gasteiger partial charge in [0.1, 0.15) is 5.75 Å². The first-order chi connectivity index (χ1) is 10.1. The smallest absolute Gasteiger partial charge is 0.228 e. The number of ether oxygens (including phenoxy) is 1. The molecule has 1 heterocycles.